The molecule has 0 aromatic carbocycles. The quantitative estimate of drug-likeness (QED) is 0.897. The predicted octanol–water partition coefficient (Wildman–Crippen LogP) is 2.66. The lowest BCUT2D eigenvalue weighted by Gasteiger charge is -2.12. The zero-order chi connectivity index (χ0) is 13.8. The minimum atomic E-state index is 0.741. The summed E-state index contributed by atoms with van der Waals surface area (Å²) < 4.78 is 2.10. The molecule has 0 atom stereocenters. The standard InChI is InChI=1S/C14H21N5/c1-5-7-19-9-16-8-12(19)14-17-10(3)11(6-2)13(15-4)18-14/h8-9H,5-7H2,1-4H3,(H,15,17,18). The highest BCUT2D eigenvalue weighted by Crippen LogP contribution is 2.22. The van der Waals surface area contributed by atoms with Crippen LogP contribution in [0.25, 0.3) is 11.5 Å². The van der Waals surface area contributed by atoms with Gasteiger partial charge in [0.2, 0.25) is 0 Å². The number of imidazole rings is 1. The third-order valence-electron chi connectivity index (χ3n) is 3.21. The summed E-state index contributed by atoms with van der Waals surface area (Å²) in [7, 11) is 1.90. The van der Waals surface area contributed by atoms with E-state index < -0.39 is 0 Å². The highest BCUT2D eigenvalue weighted by Gasteiger charge is 2.13. The van der Waals surface area contributed by atoms with Crippen molar-refractivity contribution in [3.63, 3.8) is 0 Å². The summed E-state index contributed by atoms with van der Waals surface area (Å²) in [6, 6.07) is 0. The Hall–Kier alpha value is -1.91. The molecule has 1 N–H and O–H groups in total. The first-order valence-electron chi connectivity index (χ1n) is 6.77. The van der Waals surface area contributed by atoms with Crippen LogP contribution in [0.1, 0.15) is 31.5 Å². The van der Waals surface area contributed by atoms with E-state index in [0.29, 0.717) is 0 Å². The van der Waals surface area contributed by atoms with E-state index in [4.69, 9.17) is 0 Å². The first-order valence-corrected chi connectivity index (χ1v) is 6.77. The number of rotatable bonds is 5. The van der Waals surface area contributed by atoms with E-state index in [1.807, 2.05) is 26.5 Å². The van der Waals surface area contributed by atoms with E-state index in [-0.39, 0.29) is 0 Å². The Morgan fingerprint density at radius 1 is 1.26 bits per heavy atom. The fourth-order valence-corrected chi connectivity index (χ4v) is 2.27. The van der Waals surface area contributed by atoms with Crippen LogP contribution in [0.3, 0.4) is 0 Å². The van der Waals surface area contributed by atoms with Gasteiger partial charge in [-0.25, -0.2) is 15.0 Å². The normalized spacial score (nSPS) is 10.7. The summed E-state index contributed by atoms with van der Waals surface area (Å²) in [5.74, 6) is 1.65. The van der Waals surface area contributed by atoms with Crippen LogP contribution in [-0.2, 0) is 13.0 Å². The number of aromatic nitrogens is 4. The smallest absolute Gasteiger partial charge is 0.180 e. The number of aryl methyl sites for hydroxylation is 2. The molecule has 19 heavy (non-hydrogen) atoms. The average molecular weight is 259 g/mol. The van der Waals surface area contributed by atoms with E-state index in [2.05, 4.69) is 38.7 Å². The highest BCUT2D eigenvalue weighted by atomic mass is 15.1. The van der Waals surface area contributed by atoms with Crippen LogP contribution in [-0.4, -0.2) is 26.6 Å². The molecule has 0 saturated heterocycles. The second-order valence-corrected chi connectivity index (χ2v) is 4.54. The van der Waals surface area contributed by atoms with E-state index in [9.17, 15) is 0 Å². The van der Waals surface area contributed by atoms with Crippen molar-refractivity contribution in [1.82, 2.24) is 19.5 Å². The number of nitrogens with one attached hydrogen (secondary N) is 1. The Bertz CT molecular complexity index is 559. The molecule has 0 radical (unpaired) electrons. The van der Waals surface area contributed by atoms with E-state index >= 15 is 0 Å². The first-order chi connectivity index (χ1) is 9.21. The molecule has 5 nitrogen and oxygen atoms in total. The maximum Gasteiger partial charge on any atom is 0.180 e. The minimum absolute atomic E-state index is 0.741. The molecule has 2 aromatic heterocycles. The topological polar surface area (TPSA) is 55.6 Å². The lowest BCUT2D eigenvalue weighted by Crippen LogP contribution is -2.07. The van der Waals surface area contributed by atoms with Gasteiger partial charge in [0.05, 0.1) is 12.5 Å². The number of hydrogen-bond acceptors (Lipinski definition) is 4. The van der Waals surface area contributed by atoms with Gasteiger partial charge < -0.3 is 9.88 Å². The Balaban J connectivity index is 2.50. The van der Waals surface area contributed by atoms with Gasteiger partial charge in [-0.05, 0) is 19.8 Å². The Labute approximate surface area is 114 Å². The SMILES string of the molecule is CCCn1cncc1-c1nc(C)c(CC)c(NC)n1. The number of hydrogen-bond donors (Lipinski definition) is 1. The lowest BCUT2D eigenvalue weighted by molar-refractivity contribution is 0.681. The molecule has 0 fully saturated rings. The van der Waals surface area contributed by atoms with Crippen molar-refractivity contribution in [2.24, 2.45) is 0 Å². The van der Waals surface area contributed by atoms with Crippen LogP contribution in [0.2, 0.25) is 0 Å². The molecular formula is C14H21N5. The van der Waals surface area contributed by atoms with Crippen molar-refractivity contribution < 1.29 is 0 Å². The summed E-state index contributed by atoms with van der Waals surface area (Å²) in [6.45, 7) is 7.23. The van der Waals surface area contributed by atoms with Gasteiger partial charge in [-0.3, -0.25) is 0 Å². The monoisotopic (exact) mass is 259 g/mol. The fourth-order valence-electron chi connectivity index (χ4n) is 2.27. The molecule has 2 heterocycles. The van der Waals surface area contributed by atoms with Gasteiger partial charge in [-0.15, -0.1) is 0 Å². The van der Waals surface area contributed by atoms with Gasteiger partial charge in [0.1, 0.15) is 11.5 Å². The molecule has 0 aliphatic rings. The average Bonchev–Trinajstić information content (AvgIpc) is 2.86. The Kier molecular flexibility index (Phi) is 4.14. The molecule has 0 bridgehead atoms. The van der Waals surface area contributed by atoms with Crippen molar-refractivity contribution in [1.29, 1.82) is 0 Å². The number of nitrogens with zero attached hydrogens (tertiary/aromatic N) is 4. The fraction of sp³-hybridized carbons (Fsp3) is 0.500. The van der Waals surface area contributed by atoms with Crippen molar-refractivity contribution in [2.75, 3.05) is 12.4 Å². The molecule has 0 amide bonds. The van der Waals surface area contributed by atoms with Crippen molar-refractivity contribution >= 4 is 5.82 Å². The molecule has 102 valence electrons. The Morgan fingerprint density at radius 3 is 2.68 bits per heavy atom. The molecule has 0 saturated carbocycles. The van der Waals surface area contributed by atoms with Gasteiger partial charge in [-0.2, -0.15) is 0 Å². The second-order valence-electron chi connectivity index (χ2n) is 4.54. The lowest BCUT2D eigenvalue weighted by atomic mass is 10.1. The van der Waals surface area contributed by atoms with Crippen LogP contribution in [0, 0.1) is 6.92 Å². The minimum Gasteiger partial charge on any atom is -0.373 e. The molecule has 2 aromatic rings. The van der Waals surface area contributed by atoms with Gasteiger partial charge in [0, 0.05) is 24.8 Å². The first kappa shape index (κ1) is 13.5. The highest BCUT2D eigenvalue weighted by molar-refractivity contribution is 5.56. The Morgan fingerprint density at radius 2 is 2.05 bits per heavy atom. The van der Waals surface area contributed by atoms with Crippen molar-refractivity contribution in [2.45, 2.75) is 40.2 Å². The molecule has 0 unspecified atom stereocenters. The van der Waals surface area contributed by atoms with Gasteiger partial charge >= 0.3 is 0 Å². The molecule has 0 spiro atoms. The third kappa shape index (κ3) is 2.59. The summed E-state index contributed by atoms with van der Waals surface area (Å²) in [5, 5.41) is 3.16. The summed E-state index contributed by atoms with van der Waals surface area (Å²) >= 11 is 0. The predicted molar refractivity (Wildman–Crippen MR) is 77.2 cm³/mol. The third-order valence-corrected chi connectivity index (χ3v) is 3.21. The van der Waals surface area contributed by atoms with Gasteiger partial charge in [0.15, 0.2) is 5.82 Å². The summed E-state index contributed by atoms with van der Waals surface area (Å²) in [6.07, 6.45) is 5.66. The summed E-state index contributed by atoms with van der Waals surface area (Å²) in [5.41, 5.74) is 3.18. The van der Waals surface area contributed by atoms with Crippen molar-refractivity contribution in [3.8, 4) is 11.5 Å². The molecule has 5 heteroatoms. The van der Waals surface area contributed by atoms with Gasteiger partial charge in [-0.1, -0.05) is 13.8 Å². The van der Waals surface area contributed by atoms with Crippen LogP contribution in [0.15, 0.2) is 12.5 Å². The van der Waals surface area contributed by atoms with Crippen molar-refractivity contribution in [3.05, 3.63) is 23.8 Å². The van der Waals surface area contributed by atoms with Crippen LogP contribution in [0.5, 0.6) is 0 Å². The largest absolute Gasteiger partial charge is 0.373 e. The van der Waals surface area contributed by atoms with E-state index in [1.165, 1.54) is 5.56 Å². The molecule has 0 aliphatic carbocycles. The molecule has 0 aliphatic heterocycles. The van der Waals surface area contributed by atoms with Crippen LogP contribution >= 0.6 is 0 Å². The summed E-state index contributed by atoms with van der Waals surface area (Å²) in [4.78, 5) is 13.5. The molecular weight excluding hydrogens is 238 g/mol. The zero-order valence-corrected chi connectivity index (χ0v) is 12.1. The van der Waals surface area contributed by atoms with E-state index in [1.54, 1.807) is 0 Å². The van der Waals surface area contributed by atoms with Gasteiger partial charge in [0.25, 0.3) is 0 Å². The molecule has 2 rings (SSSR count). The maximum atomic E-state index is 4.63. The zero-order valence-electron chi connectivity index (χ0n) is 12.1. The number of anilines is 1. The second kappa shape index (κ2) is 5.82. The maximum absolute atomic E-state index is 4.63. The van der Waals surface area contributed by atoms with Crippen LogP contribution < -0.4 is 5.32 Å². The van der Waals surface area contributed by atoms with E-state index in [0.717, 1.165) is 42.4 Å². The van der Waals surface area contributed by atoms with Crippen LogP contribution in [0.4, 0.5) is 5.82 Å².